The Labute approximate surface area is 115 Å². The molecule has 0 aliphatic carbocycles. The number of hydrogen-bond acceptors (Lipinski definition) is 3. The second-order valence-corrected chi connectivity index (χ2v) is 5.28. The largest absolute Gasteiger partial charge is 0.385 e. The molecule has 0 heterocycles. The molecule has 0 unspecified atom stereocenters. The summed E-state index contributed by atoms with van der Waals surface area (Å²) in [4.78, 5) is 0. The van der Waals surface area contributed by atoms with Gasteiger partial charge in [-0.2, -0.15) is 0 Å². The van der Waals surface area contributed by atoms with Crippen LogP contribution in [0.2, 0.25) is 0 Å². The molecule has 18 heavy (non-hydrogen) atoms. The number of ether oxygens (including phenoxy) is 3. The lowest BCUT2D eigenvalue weighted by molar-refractivity contribution is -0.870. The first-order valence-electron chi connectivity index (χ1n) is 6.56. The van der Waals surface area contributed by atoms with Crippen molar-refractivity contribution in [2.75, 3.05) is 62.2 Å². The SMILES string of the molecule is CCCOC.COC(C)C.COCC[N+](C)(C)C. The van der Waals surface area contributed by atoms with E-state index in [4.69, 9.17) is 14.2 Å². The zero-order chi connectivity index (χ0) is 15.0. The third kappa shape index (κ3) is 44.6. The van der Waals surface area contributed by atoms with Crippen molar-refractivity contribution in [2.24, 2.45) is 0 Å². The van der Waals surface area contributed by atoms with Gasteiger partial charge in [0.2, 0.25) is 0 Å². The van der Waals surface area contributed by atoms with E-state index in [-0.39, 0.29) is 0 Å². The van der Waals surface area contributed by atoms with E-state index in [2.05, 4.69) is 28.1 Å². The van der Waals surface area contributed by atoms with Gasteiger partial charge in [0.05, 0.1) is 33.9 Å². The second kappa shape index (κ2) is 16.8. The molecular weight excluding hydrogens is 230 g/mol. The molecule has 0 radical (unpaired) electrons. The zero-order valence-corrected chi connectivity index (χ0v) is 14.1. The van der Waals surface area contributed by atoms with Gasteiger partial charge in [0, 0.05) is 27.9 Å². The van der Waals surface area contributed by atoms with Crippen LogP contribution in [-0.4, -0.2) is 72.8 Å². The number of nitrogens with zero attached hydrogens (tertiary/aromatic N) is 1. The van der Waals surface area contributed by atoms with Gasteiger partial charge in [-0.3, -0.25) is 0 Å². The summed E-state index contributed by atoms with van der Waals surface area (Å²) in [5, 5.41) is 0. The maximum Gasteiger partial charge on any atom is 0.102 e. The van der Waals surface area contributed by atoms with Crippen LogP contribution in [0.25, 0.3) is 0 Å². The number of methoxy groups -OCH3 is 3. The predicted molar refractivity (Wildman–Crippen MR) is 79.1 cm³/mol. The highest BCUT2D eigenvalue weighted by Gasteiger charge is 2.03. The Balaban J connectivity index is -0.000000197. The first-order chi connectivity index (χ1) is 8.24. The molecule has 4 heteroatoms. The van der Waals surface area contributed by atoms with Crippen molar-refractivity contribution < 1.29 is 18.7 Å². The molecule has 0 bridgehead atoms. The molecule has 0 aliphatic rings. The summed E-state index contributed by atoms with van der Waals surface area (Å²) in [7, 11) is 11.6. The van der Waals surface area contributed by atoms with Crippen LogP contribution in [0.4, 0.5) is 0 Å². The molecule has 0 atom stereocenters. The topological polar surface area (TPSA) is 27.7 Å². The molecule has 0 aliphatic heterocycles. The number of hydrogen-bond donors (Lipinski definition) is 0. The molecule has 0 aromatic carbocycles. The Kier molecular flexibility index (Phi) is 21.5. The van der Waals surface area contributed by atoms with Crippen molar-refractivity contribution >= 4 is 0 Å². The maximum atomic E-state index is 4.90. The number of quaternary nitrogens is 1. The molecule has 0 saturated carbocycles. The fourth-order valence-corrected chi connectivity index (χ4v) is 0.569. The maximum absolute atomic E-state index is 4.90. The highest BCUT2D eigenvalue weighted by atomic mass is 16.5. The zero-order valence-electron chi connectivity index (χ0n) is 14.1. The lowest BCUT2D eigenvalue weighted by Crippen LogP contribution is -2.37. The van der Waals surface area contributed by atoms with Gasteiger partial charge in [0.1, 0.15) is 6.54 Å². The van der Waals surface area contributed by atoms with Crippen molar-refractivity contribution in [1.82, 2.24) is 0 Å². The monoisotopic (exact) mass is 266 g/mol. The third-order valence-corrected chi connectivity index (χ3v) is 1.85. The smallest absolute Gasteiger partial charge is 0.102 e. The summed E-state index contributed by atoms with van der Waals surface area (Å²) in [6, 6.07) is 0. The van der Waals surface area contributed by atoms with Crippen LogP contribution in [0.15, 0.2) is 0 Å². The van der Waals surface area contributed by atoms with Gasteiger partial charge < -0.3 is 18.7 Å². The summed E-state index contributed by atoms with van der Waals surface area (Å²) in [6.07, 6.45) is 1.51. The molecule has 0 amide bonds. The summed E-state index contributed by atoms with van der Waals surface area (Å²) >= 11 is 0. The van der Waals surface area contributed by atoms with E-state index in [0.717, 1.165) is 30.7 Å². The fraction of sp³-hybridized carbons (Fsp3) is 1.00. The number of likely N-dealkylation sites (N-methyl/N-ethyl adjacent to an activating group) is 1. The molecule has 4 nitrogen and oxygen atoms in total. The van der Waals surface area contributed by atoms with Gasteiger partial charge in [-0.15, -0.1) is 0 Å². The van der Waals surface area contributed by atoms with Gasteiger partial charge in [0.25, 0.3) is 0 Å². The summed E-state index contributed by atoms with van der Waals surface area (Å²) in [5.74, 6) is 0. The van der Waals surface area contributed by atoms with E-state index in [9.17, 15) is 0 Å². The van der Waals surface area contributed by atoms with Gasteiger partial charge in [-0.25, -0.2) is 0 Å². The predicted octanol–water partition coefficient (Wildman–Crippen LogP) is 2.42. The average molecular weight is 266 g/mol. The Morgan fingerprint density at radius 2 is 1.28 bits per heavy atom. The lowest BCUT2D eigenvalue weighted by atomic mass is 10.5. The molecule has 0 fully saturated rings. The minimum absolute atomic E-state index is 0.384. The Bertz CT molecular complexity index is 131. The van der Waals surface area contributed by atoms with E-state index in [1.54, 1.807) is 21.3 Å². The van der Waals surface area contributed by atoms with Crippen LogP contribution in [0.5, 0.6) is 0 Å². The van der Waals surface area contributed by atoms with Crippen LogP contribution in [0, 0.1) is 0 Å². The summed E-state index contributed by atoms with van der Waals surface area (Å²) in [5.41, 5.74) is 0. The van der Waals surface area contributed by atoms with Crippen LogP contribution >= 0.6 is 0 Å². The van der Waals surface area contributed by atoms with Crippen LogP contribution in [0.3, 0.4) is 0 Å². The molecular formula is C14H36NO3+. The molecule has 114 valence electrons. The number of rotatable bonds is 6. The third-order valence-electron chi connectivity index (χ3n) is 1.85. The van der Waals surface area contributed by atoms with Crippen molar-refractivity contribution in [1.29, 1.82) is 0 Å². The summed E-state index contributed by atoms with van der Waals surface area (Å²) < 4.78 is 15.3. The first-order valence-corrected chi connectivity index (χ1v) is 6.56. The average Bonchev–Trinajstić information content (AvgIpc) is 2.28. The van der Waals surface area contributed by atoms with Crippen molar-refractivity contribution in [3.63, 3.8) is 0 Å². The van der Waals surface area contributed by atoms with Crippen LogP contribution < -0.4 is 0 Å². The van der Waals surface area contributed by atoms with Gasteiger partial charge in [0.15, 0.2) is 0 Å². The van der Waals surface area contributed by atoms with Crippen molar-refractivity contribution in [2.45, 2.75) is 33.3 Å². The van der Waals surface area contributed by atoms with Crippen LogP contribution in [-0.2, 0) is 14.2 Å². The van der Waals surface area contributed by atoms with E-state index in [0.29, 0.717) is 6.10 Å². The van der Waals surface area contributed by atoms with E-state index in [1.165, 1.54) is 0 Å². The summed E-state index contributed by atoms with van der Waals surface area (Å²) in [6.45, 7) is 8.91. The Morgan fingerprint density at radius 3 is 1.33 bits per heavy atom. The molecule has 0 aromatic rings. The van der Waals surface area contributed by atoms with Gasteiger partial charge >= 0.3 is 0 Å². The van der Waals surface area contributed by atoms with Gasteiger partial charge in [-0.05, 0) is 20.3 Å². The van der Waals surface area contributed by atoms with Crippen molar-refractivity contribution in [3.8, 4) is 0 Å². The van der Waals surface area contributed by atoms with E-state index in [1.807, 2.05) is 13.8 Å². The minimum atomic E-state index is 0.384. The minimum Gasteiger partial charge on any atom is -0.385 e. The normalized spacial score (nSPS) is 10.3. The molecule has 0 saturated heterocycles. The van der Waals surface area contributed by atoms with Gasteiger partial charge in [-0.1, -0.05) is 6.92 Å². The molecule has 0 rings (SSSR count). The Morgan fingerprint density at radius 1 is 0.889 bits per heavy atom. The molecule has 0 N–H and O–H groups in total. The lowest BCUT2D eigenvalue weighted by Gasteiger charge is -2.22. The van der Waals surface area contributed by atoms with E-state index >= 15 is 0 Å². The highest BCUT2D eigenvalue weighted by Crippen LogP contribution is 1.87. The quantitative estimate of drug-likeness (QED) is 0.691. The van der Waals surface area contributed by atoms with Crippen molar-refractivity contribution in [3.05, 3.63) is 0 Å². The molecule has 0 aromatic heterocycles. The fourth-order valence-electron chi connectivity index (χ4n) is 0.569. The highest BCUT2D eigenvalue weighted by molar-refractivity contribution is 4.27. The standard InChI is InChI=1S/C6H16NO.2C4H10O/c1-7(2,3)5-6-8-4;1-4(2)5-3;1-3-4-5-2/h5-6H2,1-4H3;4H,1-3H3;3-4H2,1-2H3/q+1;;. The Hall–Kier alpha value is -0.160. The van der Waals surface area contributed by atoms with Crippen LogP contribution in [0.1, 0.15) is 27.2 Å². The second-order valence-electron chi connectivity index (χ2n) is 5.28. The first kappa shape index (κ1) is 23.0. The van der Waals surface area contributed by atoms with E-state index < -0.39 is 0 Å². The molecule has 0 spiro atoms.